The first-order valence-corrected chi connectivity index (χ1v) is 6.79. The van der Waals surface area contributed by atoms with E-state index in [-0.39, 0.29) is 17.9 Å². The third kappa shape index (κ3) is 3.23. The highest BCUT2D eigenvalue weighted by atomic mass is 16.3. The van der Waals surface area contributed by atoms with E-state index in [2.05, 4.69) is 10.3 Å². The zero-order valence-electron chi connectivity index (χ0n) is 11.5. The van der Waals surface area contributed by atoms with E-state index in [9.17, 15) is 9.90 Å². The molecule has 5 heteroatoms. The van der Waals surface area contributed by atoms with Crippen molar-refractivity contribution in [3.8, 4) is 0 Å². The zero-order valence-corrected chi connectivity index (χ0v) is 11.5. The molecule has 1 aliphatic rings. The molecule has 1 aromatic heterocycles. The third-order valence-corrected chi connectivity index (χ3v) is 3.51. The van der Waals surface area contributed by atoms with Gasteiger partial charge in [0.05, 0.1) is 6.10 Å². The summed E-state index contributed by atoms with van der Waals surface area (Å²) in [6.45, 7) is 5.96. The lowest BCUT2D eigenvalue weighted by molar-refractivity contribution is 0.0297. The maximum absolute atomic E-state index is 12.4. The van der Waals surface area contributed by atoms with Crippen molar-refractivity contribution in [3.63, 3.8) is 0 Å². The summed E-state index contributed by atoms with van der Waals surface area (Å²) < 4.78 is 0. The normalized spacial score (nSPS) is 23.2. The minimum atomic E-state index is -0.293. The van der Waals surface area contributed by atoms with Gasteiger partial charge < -0.3 is 15.3 Å². The largest absolute Gasteiger partial charge is 0.393 e. The molecular formula is C14H21N3O2. The lowest BCUT2D eigenvalue weighted by atomic mass is 9.96. The highest BCUT2D eigenvalue weighted by Gasteiger charge is 2.27. The maximum Gasteiger partial charge on any atom is 0.254 e. The SMILES string of the molecule is CCNc1cc(C(=O)N2CCC(O)C(C)C2)ccn1. The number of carbonyl (C=O) groups is 1. The number of carbonyl (C=O) groups excluding carboxylic acids is 1. The standard InChI is InChI=1S/C14H21N3O2/c1-3-15-13-8-11(4-6-16-13)14(19)17-7-5-12(18)10(2)9-17/h4,6,8,10,12,18H,3,5,7,9H2,1-2H3,(H,15,16). The number of anilines is 1. The molecule has 2 unspecified atom stereocenters. The molecule has 0 bridgehead atoms. The predicted octanol–water partition coefficient (Wildman–Crippen LogP) is 1.36. The van der Waals surface area contributed by atoms with Crippen molar-refractivity contribution < 1.29 is 9.90 Å². The number of aliphatic hydroxyl groups excluding tert-OH is 1. The second-order valence-electron chi connectivity index (χ2n) is 5.04. The van der Waals surface area contributed by atoms with E-state index in [4.69, 9.17) is 0 Å². The molecule has 2 N–H and O–H groups in total. The molecule has 2 rings (SSSR count). The van der Waals surface area contributed by atoms with Gasteiger partial charge in [-0.25, -0.2) is 4.98 Å². The maximum atomic E-state index is 12.4. The number of nitrogens with zero attached hydrogens (tertiary/aromatic N) is 2. The van der Waals surface area contributed by atoms with Crippen LogP contribution in [0.4, 0.5) is 5.82 Å². The van der Waals surface area contributed by atoms with Crippen LogP contribution in [0.25, 0.3) is 0 Å². The Bertz CT molecular complexity index is 450. The Hall–Kier alpha value is -1.62. The van der Waals surface area contributed by atoms with Crippen LogP contribution in [0.5, 0.6) is 0 Å². The number of aliphatic hydroxyl groups is 1. The number of amides is 1. The molecule has 0 spiro atoms. The average molecular weight is 263 g/mol. The van der Waals surface area contributed by atoms with Gasteiger partial charge in [0.2, 0.25) is 0 Å². The van der Waals surface area contributed by atoms with Crippen molar-refractivity contribution in [2.75, 3.05) is 25.0 Å². The van der Waals surface area contributed by atoms with Gasteiger partial charge in [-0.15, -0.1) is 0 Å². The zero-order chi connectivity index (χ0) is 13.8. The number of rotatable bonds is 3. The molecule has 19 heavy (non-hydrogen) atoms. The van der Waals surface area contributed by atoms with Crippen molar-refractivity contribution in [2.24, 2.45) is 5.92 Å². The Labute approximate surface area is 113 Å². The topological polar surface area (TPSA) is 65.5 Å². The summed E-state index contributed by atoms with van der Waals surface area (Å²) in [5.74, 6) is 0.867. The smallest absolute Gasteiger partial charge is 0.254 e. The average Bonchev–Trinajstić information content (AvgIpc) is 2.42. The number of piperidine rings is 1. The van der Waals surface area contributed by atoms with Gasteiger partial charge in [0.15, 0.2) is 0 Å². The molecule has 2 atom stereocenters. The van der Waals surface area contributed by atoms with Crippen molar-refractivity contribution >= 4 is 11.7 Å². The van der Waals surface area contributed by atoms with E-state index >= 15 is 0 Å². The molecule has 1 fully saturated rings. The third-order valence-electron chi connectivity index (χ3n) is 3.51. The molecular weight excluding hydrogens is 242 g/mol. The molecule has 2 heterocycles. The number of hydrogen-bond acceptors (Lipinski definition) is 4. The fourth-order valence-electron chi connectivity index (χ4n) is 2.34. The van der Waals surface area contributed by atoms with Crippen LogP contribution in [0.1, 0.15) is 30.6 Å². The van der Waals surface area contributed by atoms with Crippen LogP contribution in [-0.2, 0) is 0 Å². The van der Waals surface area contributed by atoms with Crippen molar-refractivity contribution in [1.82, 2.24) is 9.88 Å². The lowest BCUT2D eigenvalue weighted by Crippen LogP contribution is -2.44. The summed E-state index contributed by atoms with van der Waals surface area (Å²) in [7, 11) is 0. The number of aromatic nitrogens is 1. The monoisotopic (exact) mass is 263 g/mol. The van der Waals surface area contributed by atoms with Crippen molar-refractivity contribution in [3.05, 3.63) is 23.9 Å². The van der Waals surface area contributed by atoms with Gasteiger partial charge in [-0.05, 0) is 31.4 Å². The van der Waals surface area contributed by atoms with Crippen LogP contribution < -0.4 is 5.32 Å². The van der Waals surface area contributed by atoms with E-state index in [0.29, 0.717) is 25.1 Å². The van der Waals surface area contributed by atoms with Crippen LogP contribution in [0, 0.1) is 5.92 Å². The van der Waals surface area contributed by atoms with Gasteiger partial charge in [-0.2, -0.15) is 0 Å². The molecule has 1 saturated heterocycles. The van der Waals surface area contributed by atoms with Crippen LogP contribution in [0.2, 0.25) is 0 Å². The van der Waals surface area contributed by atoms with E-state index < -0.39 is 0 Å². The van der Waals surface area contributed by atoms with Crippen LogP contribution in [0.3, 0.4) is 0 Å². The summed E-state index contributed by atoms with van der Waals surface area (Å²) in [5.41, 5.74) is 0.648. The summed E-state index contributed by atoms with van der Waals surface area (Å²) in [6.07, 6.45) is 2.00. The number of likely N-dealkylation sites (tertiary alicyclic amines) is 1. The molecule has 1 aliphatic heterocycles. The van der Waals surface area contributed by atoms with Crippen molar-refractivity contribution in [1.29, 1.82) is 0 Å². The quantitative estimate of drug-likeness (QED) is 0.864. The summed E-state index contributed by atoms with van der Waals surface area (Å²) in [4.78, 5) is 18.4. The number of pyridine rings is 1. The van der Waals surface area contributed by atoms with E-state index in [0.717, 1.165) is 12.4 Å². The minimum absolute atomic E-state index is 0.0142. The van der Waals surface area contributed by atoms with E-state index in [1.54, 1.807) is 18.3 Å². The summed E-state index contributed by atoms with van der Waals surface area (Å²) in [6, 6.07) is 3.51. The molecule has 0 saturated carbocycles. The highest BCUT2D eigenvalue weighted by Crippen LogP contribution is 2.19. The Morgan fingerprint density at radius 3 is 3.11 bits per heavy atom. The Kier molecular flexibility index (Phi) is 4.37. The van der Waals surface area contributed by atoms with Gasteiger partial charge in [0, 0.05) is 31.4 Å². The Morgan fingerprint density at radius 2 is 2.42 bits per heavy atom. The second kappa shape index (κ2) is 6.02. The van der Waals surface area contributed by atoms with E-state index in [1.165, 1.54) is 0 Å². The van der Waals surface area contributed by atoms with Crippen molar-refractivity contribution in [2.45, 2.75) is 26.4 Å². The van der Waals surface area contributed by atoms with Gasteiger partial charge in [-0.3, -0.25) is 4.79 Å². The van der Waals surface area contributed by atoms with Gasteiger partial charge in [-0.1, -0.05) is 6.92 Å². The fourth-order valence-corrected chi connectivity index (χ4v) is 2.34. The molecule has 1 amide bonds. The molecule has 0 aromatic carbocycles. The second-order valence-corrected chi connectivity index (χ2v) is 5.04. The molecule has 5 nitrogen and oxygen atoms in total. The minimum Gasteiger partial charge on any atom is -0.393 e. The lowest BCUT2D eigenvalue weighted by Gasteiger charge is -2.34. The highest BCUT2D eigenvalue weighted by molar-refractivity contribution is 5.94. The molecule has 0 aliphatic carbocycles. The van der Waals surface area contributed by atoms with Gasteiger partial charge in [0.25, 0.3) is 5.91 Å². The number of hydrogen-bond donors (Lipinski definition) is 2. The first kappa shape index (κ1) is 13.8. The Morgan fingerprint density at radius 1 is 1.63 bits per heavy atom. The summed E-state index contributed by atoms with van der Waals surface area (Å²) >= 11 is 0. The fraction of sp³-hybridized carbons (Fsp3) is 0.571. The van der Waals surface area contributed by atoms with Crippen LogP contribution in [0.15, 0.2) is 18.3 Å². The molecule has 0 radical (unpaired) electrons. The van der Waals surface area contributed by atoms with Gasteiger partial charge in [0.1, 0.15) is 5.82 Å². The molecule has 1 aromatic rings. The Balaban J connectivity index is 2.09. The predicted molar refractivity (Wildman–Crippen MR) is 74.1 cm³/mol. The molecule has 104 valence electrons. The van der Waals surface area contributed by atoms with Crippen LogP contribution in [-0.4, -0.2) is 46.6 Å². The van der Waals surface area contributed by atoms with Crippen LogP contribution >= 0.6 is 0 Å². The first-order valence-electron chi connectivity index (χ1n) is 6.79. The first-order chi connectivity index (χ1) is 9.11. The van der Waals surface area contributed by atoms with Gasteiger partial charge >= 0.3 is 0 Å². The summed E-state index contributed by atoms with van der Waals surface area (Å²) in [5, 5.41) is 12.8. The number of nitrogens with one attached hydrogen (secondary N) is 1. The van der Waals surface area contributed by atoms with E-state index in [1.807, 2.05) is 18.7 Å².